The van der Waals surface area contributed by atoms with Gasteiger partial charge in [-0.05, 0) is 37.7 Å². The van der Waals surface area contributed by atoms with Crippen molar-refractivity contribution >= 4 is 35.0 Å². The summed E-state index contributed by atoms with van der Waals surface area (Å²) in [6.45, 7) is -0.751. The van der Waals surface area contributed by atoms with Crippen LogP contribution in [0.15, 0.2) is 30.0 Å². The van der Waals surface area contributed by atoms with Crippen molar-refractivity contribution < 1.29 is 29.4 Å². The summed E-state index contributed by atoms with van der Waals surface area (Å²) in [7, 11) is 0. The smallest absolute Gasteiger partial charge is 0.323 e. The van der Waals surface area contributed by atoms with Crippen LogP contribution in [0.2, 0.25) is 0 Å². The van der Waals surface area contributed by atoms with Gasteiger partial charge in [0.25, 0.3) is 11.8 Å². The number of amides is 3. The van der Waals surface area contributed by atoms with E-state index in [1.807, 2.05) is 0 Å². The van der Waals surface area contributed by atoms with Gasteiger partial charge in [-0.2, -0.15) is 0 Å². The summed E-state index contributed by atoms with van der Waals surface area (Å²) in [5.41, 5.74) is 0.603. The van der Waals surface area contributed by atoms with E-state index in [-0.39, 0.29) is 23.4 Å². The molecule has 1 aliphatic heterocycles. The molecule has 1 aromatic rings. The Morgan fingerprint density at radius 1 is 0.971 bits per heavy atom. The quantitative estimate of drug-likeness (QED) is 0.347. The SMILES string of the molecule is O=C(O)CN(C(=O)/C(O)=C1\C(=O)Nc2ccccc21)C(C(=O)NC1CCCCC1)C1CCCCC1. The zero-order valence-electron chi connectivity index (χ0n) is 19.8. The normalized spacial score (nSPS) is 21.0. The van der Waals surface area contributed by atoms with Gasteiger partial charge in [-0.1, -0.05) is 56.7 Å². The molecule has 35 heavy (non-hydrogen) atoms. The molecule has 0 spiro atoms. The van der Waals surface area contributed by atoms with Crippen molar-refractivity contribution in [1.29, 1.82) is 0 Å². The largest absolute Gasteiger partial charge is 0.502 e. The number of aliphatic carboxylic acids is 1. The Kier molecular flexibility index (Phi) is 7.73. The summed E-state index contributed by atoms with van der Waals surface area (Å²) in [5, 5.41) is 26.3. The van der Waals surface area contributed by atoms with Gasteiger partial charge in [0.2, 0.25) is 5.91 Å². The molecule has 4 N–H and O–H groups in total. The third-order valence-electron chi connectivity index (χ3n) is 7.33. The van der Waals surface area contributed by atoms with Crippen molar-refractivity contribution in [2.75, 3.05) is 11.9 Å². The van der Waals surface area contributed by atoms with Crippen LogP contribution in [0, 0.1) is 5.92 Å². The van der Waals surface area contributed by atoms with Gasteiger partial charge in [0, 0.05) is 17.3 Å². The number of aliphatic hydroxyl groups is 1. The summed E-state index contributed by atoms with van der Waals surface area (Å²) in [6.07, 6.45) is 9.01. The highest BCUT2D eigenvalue weighted by molar-refractivity contribution is 6.34. The molecule has 2 fully saturated rings. The fraction of sp³-hybridized carbons (Fsp3) is 0.538. The molecule has 3 amide bonds. The minimum absolute atomic E-state index is 0.0106. The zero-order chi connectivity index (χ0) is 24.9. The highest BCUT2D eigenvalue weighted by Crippen LogP contribution is 2.35. The summed E-state index contributed by atoms with van der Waals surface area (Å²) in [6, 6.07) is 5.59. The van der Waals surface area contributed by atoms with Crippen LogP contribution in [0.3, 0.4) is 0 Å². The van der Waals surface area contributed by atoms with Gasteiger partial charge in [0.1, 0.15) is 12.6 Å². The van der Waals surface area contributed by atoms with E-state index in [4.69, 9.17) is 0 Å². The maximum Gasteiger partial charge on any atom is 0.323 e. The molecule has 9 heteroatoms. The molecule has 9 nitrogen and oxygen atoms in total. The molecular formula is C26H33N3O6. The Morgan fingerprint density at radius 2 is 1.60 bits per heavy atom. The van der Waals surface area contributed by atoms with E-state index >= 15 is 0 Å². The molecule has 3 aliphatic rings. The number of anilines is 1. The molecule has 0 radical (unpaired) electrons. The first kappa shape index (κ1) is 24.8. The molecule has 2 aliphatic carbocycles. The van der Waals surface area contributed by atoms with E-state index in [2.05, 4.69) is 10.6 Å². The number of carboxylic acid groups (broad SMARTS) is 1. The lowest BCUT2D eigenvalue weighted by Gasteiger charge is -2.38. The molecule has 2 saturated carbocycles. The van der Waals surface area contributed by atoms with E-state index in [9.17, 15) is 29.4 Å². The number of para-hydroxylation sites is 1. The maximum absolute atomic E-state index is 13.6. The summed E-state index contributed by atoms with van der Waals surface area (Å²) < 4.78 is 0. The van der Waals surface area contributed by atoms with Gasteiger partial charge in [-0.15, -0.1) is 0 Å². The van der Waals surface area contributed by atoms with Gasteiger partial charge in [0.15, 0.2) is 5.76 Å². The summed E-state index contributed by atoms with van der Waals surface area (Å²) in [5.74, 6) is -4.42. The zero-order valence-corrected chi connectivity index (χ0v) is 19.8. The standard InChI is InChI=1S/C26H33N3O6/c30-20(31)15-29(26(35)23(32)21-18-13-7-8-14-19(18)28-24(21)33)22(16-9-3-1-4-10-16)25(34)27-17-11-5-2-6-12-17/h7-8,13-14,16-17,22,32H,1-6,9-12,15H2,(H,27,34)(H,28,33)(H,30,31)/b23-21+. The summed E-state index contributed by atoms with van der Waals surface area (Å²) >= 11 is 0. The second-order valence-corrected chi connectivity index (χ2v) is 9.74. The minimum atomic E-state index is -1.29. The number of nitrogens with zero attached hydrogens (tertiary/aromatic N) is 1. The number of nitrogens with one attached hydrogen (secondary N) is 2. The summed E-state index contributed by atoms with van der Waals surface area (Å²) in [4.78, 5) is 52.5. The highest BCUT2D eigenvalue weighted by Gasteiger charge is 2.41. The van der Waals surface area contributed by atoms with E-state index in [1.54, 1.807) is 24.3 Å². The van der Waals surface area contributed by atoms with Crippen LogP contribution >= 0.6 is 0 Å². The van der Waals surface area contributed by atoms with Crippen molar-refractivity contribution in [1.82, 2.24) is 10.2 Å². The topological polar surface area (TPSA) is 136 Å². The van der Waals surface area contributed by atoms with Crippen molar-refractivity contribution in [2.45, 2.75) is 76.3 Å². The first-order chi connectivity index (χ1) is 16.9. The van der Waals surface area contributed by atoms with Crippen molar-refractivity contribution in [3.05, 3.63) is 35.6 Å². The Balaban J connectivity index is 1.69. The highest BCUT2D eigenvalue weighted by atomic mass is 16.4. The van der Waals surface area contributed by atoms with Crippen molar-refractivity contribution in [3.8, 4) is 0 Å². The van der Waals surface area contributed by atoms with Gasteiger partial charge < -0.3 is 25.7 Å². The Hall–Kier alpha value is -3.36. The van der Waals surface area contributed by atoms with Crippen molar-refractivity contribution in [3.63, 3.8) is 0 Å². The third kappa shape index (κ3) is 5.49. The molecule has 1 unspecified atom stereocenters. The molecule has 1 atom stereocenters. The van der Waals surface area contributed by atoms with E-state index < -0.39 is 36.1 Å². The van der Waals surface area contributed by atoms with Crippen LogP contribution in [-0.2, 0) is 19.2 Å². The van der Waals surface area contributed by atoms with Crippen LogP contribution in [0.1, 0.15) is 69.8 Å². The minimum Gasteiger partial charge on any atom is -0.502 e. The first-order valence-corrected chi connectivity index (χ1v) is 12.5. The van der Waals surface area contributed by atoms with Gasteiger partial charge >= 0.3 is 5.97 Å². The average Bonchev–Trinajstić information content (AvgIpc) is 3.19. The predicted molar refractivity (Wildman–Crippen MR) is 129 cm³/mol. The number of rotatable bonds is 7. The van der Waals surface area contributed by atoms with E-state index in [1.165, 1.54) is 0 Å². The number of benzene rings is 1. The predicted octanol–water partition coefficient (Wildman–Crippen LogP) is 3.22. The van der Waals surface area contributed by atoms with Crippen LogP contribution in [0.5, 0.6) is 0 Å². The lowest BCUT2D eigenvalue weighted by molar-refractivity contribution is -0.150. The molecule has 0 bridgehead atoms. The van der Waals surface area contributed by atoms with E-state index in [0.29, 0.717) is 24.1 Å². The third-order valence-corrected chi connectivity index (χ3v) is 7.33. The molecular weight excluding hydrogens is 450 g/mol. The van der Waals surface area contributed by atoms with Crippen LogP contribution in [0.4, 0.5) is 5.69 Å². The molecule has 1 aromatic carbocycles. The number of fused-ring (bicyclic) bond motifs is 1. The number of carbonyl (C=O) groups is 4. The van der Waals surface area contributed by atoms with Gasteiger partial charge in [-0.25, -0.2) is 0 Å². The second kappa shape index (κ2) is 10.9. The Morgan fingerprint density at radius 3 is 2.26 bits per heavy atom. The molecule has 1 heterocycles. The average molecular weight is 484 g/mol. The molecule has 0 aromatic heterocycles. The fourth-order valence-corrected chi connectivity index (χ4v) is 5.63. The Bertz CT molecular complexity index is 1020. The first-order valence-electron chi connectivity index (χ1n) is 12.5. The maximum atomic E-state index is 13.6. The lowest BCUT2D eigenvalue weighted by atomic mass is 9.82. The van der Waals surface area contributed by atoms with Gasteiger partial charge in [0.05, 0.1) is 5.57 Å². The number of carbonyl (C=O) groups excluding carboxylic acids is 3. The fourth-order valence-electron chi connectivity index (χ4n) is 5.63. The van der Waals surface area contributed by atoms with Crippen LogP contribution in [-0.4, -0.2) is 57.4 Å². The monoisotopic (exact) mass is 483 g/mol. The van der Waals surface area contributed by atoms with Crippen molar-refractivity contribution in [2.24, 2.45) is 5.92 Å². The van der Waals surface area contributed by atoms with Crippen LogP contribution < -0.4 is 10.6 Å². The number of aliphatic hydroxyl groups excluding tert-OH is 1. The molecule has 188 valence electrons. The molecule has 0 saturated heterocycles. The van der Waals surface area contributed by atoms with Crippen LogP contribution in [0.25, 0.3) is 5.57 Å². The number of carboxylic acids is 1. The Labute approximate surface area is 204 Å². The number of hydrogen-bond acceptors (Lipinski definition) is 5. The second-order valence-electron chi connectivity index (χ2n) is 9.74. The lowest BCUT2D eigenvalue weighted by Crippen LogP contribution is -2.57. The molecule has 4 rings (SSSR count). The van der Waals surface area contributed by atoms with E-state index in [0.717, 1.165) is 56.3 Å². The number of hydrogen-bond donors (Lipinski definition) is 4. The van der Waals surface area contributed by atoms with Gasteiger partial charge in [-0.3, -0.25) is 19.2 Å².